The highest BCUT2D eigenvalue weighted by Gasteiger charge is 2.12. The molecule has 96 valence electrons. The monoisotopic (exact) mass is 276 g/mol. The standard InChI is InChI=1S/C12H17ClN2O.ClH/c13-12-2-1-11(7-15-12)9-16-8-10-3-5-14-6-4-10;/h1-2,7,10,14H,3-6,8-9H2;1H. The molecule has 0 spiro atoms. The Hall–Kier alpha value is -0.350. The molecular weight excluding hydrogens is 259 g/mol. The van der Waals surface area contributed by atoms with Crippen LogP contribution in [-0.2, 0) is 11.3 Å². The van der Waals surface area contributed by atoms with Crippen molar-refractivity contribution in [2.75, 3.05) is 19.7 Å². The third-order valence-electron chi connectivity index (χ3n) is 2.87. The number of ether oxygens (including phenoxy) is 1. The molecule has 1 aromatic heterocycles. The summed E-state index contributed by atoms with van der Waals surface area (Å²) in [6, 6.07) is 3.75. The van der Waals surface area contributed by atoms with E-state index in [1.165, 1.54) is 12.8 Å². The molecule has 1 aromatic rings. The Balaban J connectivity index is 0.00000144. The molecule has 17 heavy (non-hydrogen) atoms. The van der Waals surface area contributed by atoms with Gasteiger partial charge in [0.25, 0.3) is 0 Å². The van der Waals surface area contributed by atoms with Gasteiger partial charge in [-0.05, 0) is 43.5 Å². The molecule has 0 unspecified atom stereocenters. The Morgan fingerprint density at radius 3 is 2.76 bits per heavy atom. The van der Waals surface area contributed by atoms with Gasteiger partial charge in [-0.2, -0.15) is 0 Å². The number of hydrogen-bond acceptors (Lipinski definition) is 3. The van der Waals surface area contributed by atoms with E-state index < -0.39 is 0 Å². The number of halogens is 2. The summed E-state index contributed by atoms with van der Waals surface area (Å²) < 4.78 is 5.69. The molecule has 1 saturated heterocycles. The van der Waals surface area contributed by atoms with Crippen LogP contribution < -0.4 is 5.32 Å². The van der Waals surface area contributed by atoms with Crippen molar-refractivity contribution in [1.82, 2.24) is 10.3 Å². The van der Waals surface area contributed by atoms with Crippen molar-refractivity contribution < 1.29 is 4.74 Å². The van der Waals surface area contributed by atoms with Gasteiger partial charge in [-0.3, -0.25) is 0 Å². The van der Waals surface area contributed by atoms with Gasteiger partial charge in [0.1, 0.15) is 5.15 Å². The maximum absolute atomic E-state index is 5.71. The van der Waals surface area contributed by atoms with E-state index in [2.05, 4.69) is 10.3 Å². The second kappa shape index (κ2) is 7.88. The van der Waals surface area contributed by atoms with E-state index in [1.54, 1.807) is 12.3 Å². The van der Waals surface area contributed by atoms with Gasteiger partial charge in [0, 0.05) is 12.8 Å². The summed E-state index contributed by atoms with van der Waals surface area (Å²) in [5.41, 5.74) is 1.08. The second-order valence-corrected chi connectivity index (χ2v) is 4.58. The summed E-state index contributed by atoms with van der Waals surface area (Å²) in [6.07, 6.45) is 4.21. The molecular formula is C12H18Cl2N2O. The predicted octanol–water partition coefficient (Wildman–Crippen LogP) is 2.67. The van der Waals surface area contributed by atoms with E-state index in [4.69, 9.17) is 16.3 Å². The number of rotatable bonds is 4. The maximum Gasteiger partial charge on any atom is 0.129 e. The highest BCUT2D eigenvalue weighted by atomic mass is 35.5. The summed E-state index contributed by atoms with van der Waals surface area (Å²) in [7, 11) is 0. The second-order valence-electron chi connectivity index (χ2n) is 4.20. The van der Waals surface area contributed by atoms with Gasteiger partial charge in [-0.1, -0.05) is 17.7 Å². The lowest BCUT2D eigenvalue weighted by Gasteiger charge is -2.22. The molecule has 0 radical (unpaired) electrons. The number of nitrogens with one attached hydrogen (secondary N) is 1. The summed E-state index contributed by atoms with van der Waals surface area (Å²) in [5.74, 6) is 0.710. The summed E-state index contributed by atoms with van der Waals surface area (Å²) >= 11 is 5.71. The first kappa shape index (κ1) is 14.7. The van der Waals surface area contributed by atoms with Crippen molar-refractivity contribution in [3.63, 3.8) is 0 Å². The fourth-order valence-corrected chi connectivity index (χ4v) is 2.00. The average Bonchev–Trinajstić information content (AvgIpc) is 2.33. The number of aromatic nitrogens is 1. The van der Waals surface area contributed by atoms with Crippen LogP contribution in [0.2, 0.25) is 5.15 Å². The molecule has 0 amide bonds. The van der Waals surface area contributed by atoms with Crippen molar-refractivity contribution >= 4 is 24.0 Å². The van der Waals surface area contributed by atoms with Gasteiger partial charge in [-0.15, -0.1) is 12.4 Å². The van der Waals surface area contributed by atoms with Crippen LogP contribution >= 0.6 is 24.0 Å². The molecule has 1 aliphatic heterocycles. The average molecular weight is 277 g/mol. The Morgan fingerprint density at radius 1 is 1.35 bits per heavy atom. The van der Waals surface area contributed by atoms with Gasteiger partial charge >= 0.3 is 0 Å². The largest absolute Gasteiger partial charge is 0.376 e. The third-order valence-corrected chi connectivity index (χ3v) is 3.09. The fourth-order valence-electron chi connectivity index (χ4n) is 1.88. The van der Waals surface area contributed by atoms with E-state index in [1.807, 2.05) is 6.07 Å². The van der Waals surface area contributed by atoms with Crippen LogP contribution in [0.15, 0.2) is 18.3 Å². The van der Waals surface area contributed by atoms with Crippen molar-refractivity contribution in [3.8, 4) is 0 Å². The molecule has 1 aliphatic rings. The van der Waals surface area contributed by atoms with Gasteiger partial charge in [0.2, 0.25) is 0 Å². The minimum Gasteiger partial charge on any atom is -0.376 e. The fraction of sp³-hybridized carbons (Fsp3) is 0.583. The predicted molar refractivity (Wildman–Crippen MR) is 71.7 cm³/mol. The topological polar surface area (TPSA) is 34.1 Å². The van der Waals surface area contributed by atoms with Gasteiger partial charge < -0.3 is 10.1 Å². The zero-order valence-corrected chi connectivity index (χ0v) is 11.3. The van der Waals surface area contributed by atoms with Crippen LogP contribution in [0.4, 0.5) is 0 Å². The zero-order chi connectivity index (χ0) is 11.2. The number of nitrogens with zero attached hydrogens (tertiary/aromatic N) is 1. The van der Waals surface area contributed by atoms with Crippen LogP contribution in [0.3, 0.4) is 0 Å². The molecule has 0 aromatic carbocycles. The van der Waals surface area contributed by atoms with Crippen LogP contribution in [-0.4, -0.2) is 24.7 Å². The molecule has 0 atom stereocenters. The van der Waals surface area contributed by atoms with Crippen LogP contribution in [0.1, 0.15) is 18.4 Å². The van der Waals surface area contributed by atoms with Gasteiger partial charge in [-0.25, -0.2) is 4.98 Å². The lowest BCUT2D eigenvalue weighted by molar-refractivity contribution is 0.0762. The molecule has 1 N–H and O–H groups in total. The Kier molecular flexibility index (Phi) is 6.82. The van der Waals surface area contributed by atoms with E-state index in [0.29, 0.717) is 17.7 Å². The first-order valence-electron chi connectivity index (χ1n) is 5.73. The van der Waals surface area contributed by atoms with E-state index in [0.717, 1.165) is 25.3 Å². The van der Waals surface area contributed by atoms with Gasteiger partial charge in [0.15, 0.2) is 0 Å². The normalized spacial score (nSPS) is 16.5. The van der Waals surface area contributed by atoms with Crippen LogP contribution in [0, 0.1) is 5.92 Å². The molecule has 2 rings (SSSR count). The Morgan fingerprint density at radius 2 is 2.12 bits per heavy atom. The molecule has 0 aliphatic carbocycles. The highest BCUT2D eigenvalue weighted by molar-refractivity contribution is 6.29. The lowest BCUT2D eigenvalue weighted by Crippen LogP contribution is -2.29. The summed E-state index contributed by atoms with van der Waals surface area (Å²) in [4.78, 5) is 4.02. The number of hydrogen-bond donors (Lipinski definition) is 1. The molecule has 0 saturated carbocycles. The number of piperidine rings is 1. The third kappa shape index (κ3) is 5.21. The molecule has 0 bridgehead atoms. The molecule has 2 heterocycles. The SMILES string of the molecule is Cl.Clc1ccc(COCC2CCNCC2)cn1. The van der Waals surface area contributed by atoms with E-state index >= 15 is 0 Å². The zero-order valence-electron chi connectivity index (χ0n) is 9.69. The van der Waals surface area contributed by atoms with Crippen molar-refractivity contribution in [2.24, 2.45) is 5.92 Å². The van der Waals surface area contributed by atoms with Gasteiger partial charge in [0.05, 0.1) is 6.61 Å². The van der Waals surface area contributed by atoms with Crippen LogP contribution in [0.25, 0.3) is 0 Å². The summed E-state index contributed by atoms with van der Waals surface area (Å²) in [5, 5.41) is 3.88. The van der Waals surface area contributed by atoms with Crippen molar-refractivity contribution in [1.29, 1.82) is 0 Å². The minimum absolute atomic E-state index is 0. The van der Waals surface area contributed by atoms with Crippen LogP contribution in [0.5, 0.6) is 0 Å². The quantitative estimate of drug-likeness (QED) is 0.859. The first-order valence-corrected chi connectivity index (χ1v) is 6.11. The van der Waals surface area contributed by atoms with Crippen molar-refractivity contribution in [3.05, 3.63) is 29.0 Å². The molecule has 3 nitrogen and oxygen atoms in total. The minimum atomic E-state index is 0. The van der Waals surface area contributed by atoms with E-state index in [-0.39, 0.29) is 12.4 Å². The number of pyridine rings is 1. The lowest BCUT2D eigenvalue weighted by atomic mass is 9.99. The van der Waals surface area contributed by atoms with Crippen molar-refractivity contribution in [2.45, 2.75) is 19.4 Å². The summed E-state index contributed by atoms with van der Waals surface area (Å²) in [6.45, 7) is 3.73. The molecule has 5 heteroatoms. The Labute approximate surface area is 113 Å². The highest BCUT2D eigenvalue weighted by Crippen LogP contribution is 2.13. The maximum atomic E-state index is 5.71. The first-order chi connectivity index (χ1) is 7.84. The Bertz CT molecular complexity index is 313. The smallest absolute Gasteiger partial charge is 0.129 e. The molecule has 1 fully saturated rings. The van der Waals surface area contributed by atoms with E-state index in [9.17, 15) is 0 Å².